The van der Waals surface area contributed by atoms with E-state index in [2.05, 4.69) is 35.5 Å². The molecule has 1 rings (SSSR count). The molecule has 1 atom stereocenters. The van der Waals surface area contributed by atoms with E-state index in [0.717, 1.165) is 11.4 Å². The van der Waals surface area contributed by atoms with Crippen LogP contribution in [0.4, 0.5) is 0 Å². The molecule has 0 saturated heterocycles. The van der Waals surface area contributed by atoms with Gasteiger partial charge in [0.25, 0.3) is 5.91 Å². The molecule has 100 valence electrons. The highest BCUT2D eigenvalue weighted by Crippen LogP contribution is 2.08. The fraction of sp³-hybridized carbons (Fsp3) is 0.500. The standard InChI is InChI=1S/C12H20N4OS/c1-9(8-18-3)16(2)7-10-5-4-6-11(14-10)12(17)15-13/h4-6,9H,7-8,13H2,1-3H3,(H,15,17). The molecule has 5 nitrogen and oxygen atoms in total. The van der Waals surface area contributed by atoms with Gasteiger partial charge in [-0.2, -0.15) is 11.8 Å². The Morgan fingerprint density at radius 2 is 2.33 bits per heavy atom. The molecule has 6 heteroatoms. The number of thioether (sulfide) groups is 1. The van der Waals surface area contributed by atoms with Gasteiger partial charge in [-0.25, -0.2) is 10.8 Å². The lowest BCUT2D eigenvalue weighted by Gasteiger charge is -2.23. The molecule has 18 heavy (non-hydrogen) atoms. The van der Waals surface area contributed by atoms with E-state index in [4.69, 9.17) is 5.84 Å². The Balaban J connectivity index is 2.70. The zero-order valence-electron chi connectivity index (χ0n) is 11.0. The Morgan fingerprint density at radius 3 is 2.94 bits per heavy atom. The molecule has 0 bridgehead atoms. The van der Waals surface area contributed by atoms with Gasteiger partial charge in [0.1, 0.15) is 5.69 Å². The van der Waals surface area contributed by atoms with Crippen molar-refractivity contribution in [2.45, 2.75) is 19.5 Å². The number of hydrogen-bond acceptors (Lipinski definition) is 5. The minimum absolute atomic E-state index is 0.348. The summed E-state index contributed by atoms with van der Waals surface area (Å²) in [5.74, 6) is 5.80. The van der Waals surface area contributed by atoms with E-state index < -0.39 is 0 Å². The van der Waals surface area contributed by atoms with Gasteiger partial charge in [-0.15, -0.1) is 0 Å². The molecule has 3 N–H and O–H groups in total. The molecule has 1 aromatic heterocycles. The highest BCUT2D eigenvalue weighted by Gasteiger charge is 2.11. The van der Waals surface area contributed by atoms with Crippen LogP contribution < -0.4 is 11.3 Å². The first-order valence-corrected chi connectivity index (χ1v) is 7.14. The number of nitrogen functional groups attached to an aromatic ring is 1. The Labute approximate surface area is 112 Å². The fourth-order valence-corrected chi connectivity index (χ4v) is 2.28. The summed E-state index contributed by atoms with van der Waals surface area (Å²) in [5, 5.41) is 0. The van der Waals surface area contributed by atoms with Gasteiger partial charge in [0.2, 0.25) is 0 Å². The maximum atomic E-state index is 11.4. The first-order valence-electron chi connectivity index (χ1n) is 5.74. The van der Waals surface area contributed by atoms with Crippen LogP contribution in [0.5, 0.6) is 0 Å². The smallest absolute Gasteiger partial charge is 0.283 e. The Hall–Kier alpha value is -1.11. The average molecular weight is 268 g/mol. The van der Waals surface area contributed by atoms with Crippen LogP contribution >= 0.6 is 11.8 Å². The Kier molecular flexibility index (Phi) is 6.11. The number of hydrogen-bond donors (Lipinski definition) is 2. The molecule has 1 heterocycles. The lowest BCUT2D eigenvalue weighted by Crippen LogP contribution is -2.32. The summed E-state index contributed by atoms with van der Waals surface area (Å²) in [6, 6.07) is 5.85. The minimum atomic E-state index is -0.364. The first kappa shape index (κ1) is 14.9. The molecule has 1 aromatic rings. The van der Waals surface area contributed by atoms with Crippen molar-refractivity contribution in [2.24, 2.45) is 5.84 Å². The van der Waals surface area contributed by atoms with Crippen LogP contribution in [-0.4, -0.2) is 40.9 Å². The van der Waals surface area contributed by atoms with Crippen molar-refractivity contribution >= 4 is 17.7 Å². The normalized spacial score (nSPS) is 12.5. The van der Waals surface area contributed by atoms with Gasteiger partial charge in [-0.1, -0.05) is 6.07 Å². The molecule has 0 fully saturated rings. The maximum Gasteiger partial charge on any atom is 0.283 e. The van der Waals surface area contributed by atoms with Gasteiger partial charge < -0.3 is 0 Å². The van der Waals surface area contributed by atoms with Crippen molar-refractivity contribution in [3.63, 3.8) is 0 Å². The zero-order valence-corrected chi connectivity index (χ0v) is 11.8. The zero-order chi connectivity index (χ0) is 13.5. The van der Waals surface area contributed by atoms with E-state index >= 15 is 0 Å². The molecule has 0 aromatic carbocycles. The predicted octanol–water partition coefficient (Wildman–Crippen LogP) is 0.868. The predicted molar refractivity (Wildman–Crippen MR) is 75.2 cm³/mol. The lowest BCUT2D eigenvalue weighted by molar-refractivity contribution is 0.0948. The molecule has 0 aliphatic carbocycles. The molecular formula is C12H20N4OS. The molecule has 1 amide bonds. The summed E-state index contributed by atoms with van der Waals surface area (Å²) >= 11 is 1.82. The van der Waals surface area contributed by atoms with E-state index in [1.54, 1.807) is 6.07 Å². The topological polar surface area (TPSA) is 71.2 Å². The van der Waals surface area contributed by atoms with Crippen molar-refractivity contribution < 1.29 is 4.79 Å². The fourth-order valence-electron chi connectivity index (χ4n) is 1.55. The van der Waals surface area contributed by atoms with Crippen LogP contribution in [0.15, 0.2) is 18.2 Å². The van der Waals surface area contributed by atoms with Crippen molar-refractivity contribution in [3.8, 4) is 0 Å². The second kappa shape index (κ2) is 7.35. The van der Waals surface area contributed by atoms with Crippen molar-refractivity contribution in [1.82, 2.24) is 15.3 Å². The van der Waals surface area contributed by atoms with Crippen LogP contribution in [0.1, 0.15) is 23.1 Å². The first-order chi connectivity index (χ1) is 8.58. The third-order valence-corrected chi connectivity index (χ3v) is 3.56. The van der Waals surface area contributed by atoms with Gasteiger partial charge >= 0.3 is 0 Å². The number of hydrazine groups is 1. The van der Waals surface area contributed by atoms with Crippen LogP contribution in [0, 0.1) is 0 Å². The number of rotatable bonds is 6. The van der Waals surface area contributed by atoms with Crippen molar-refractivity contribution in [3.05, 3.63) is 29.6 Å². The number of pyridine rings is 1. The molecule has 0 radical (unpaired) electrons. The van der Waals surface area contributed by atoms with Gasteiger partial charge in [0.05, 0.1) is 5.69 Å². The maximum absolute atomic E-state index is 11.4. The number of carbonyl (C=O) groups excluding carboxylic acids is 1. The summed E-state index contributed by atoms with van der Waals surface area (Å²) in [6.07, 6.45) is 2.09. The monoisotopic (exact) mass is 268 g/mol. The number of aromatic nitrogens is 1. The summed E-state index contributed by atoms with van der Waals surface area (Å²) < 4.78 is 0. The van der Waals surface area contributed by atoms with Crippen LogP contribution in [0.25, 0.3) is 0 Å². The Bertz CT molecular complexity index is 399. The summed E-state index contributed by atoms with van der Waals surface area (Å²) in [7, 11) is 2.05. The van der Waals surface area contributed by atoms with E-state index in [1.165, 1.54) is 0 Å². The van der Waals surface area contributed by atoms with Gasteiger partial charge in [0, 0.05) is 18.3 Å². The number of amides is 1. The van der Waals surface area contributed by atoms with Gasteiger partial charge in [0.15, 0.2) is 0 Å². The summed E-state index contributed by atoms with van der Waals surface area (Å²) in [4.78, 5) is 17.9. The molecular weight excluding hydrogens is 248 g/mol. The number of nitrogens with zero attached hydrogens (tertiary/aromatic N) is 2. The number of nitrogens with two attached hydrogens (primary N) is 1. The second-order valence-corrected chi connectivity index (χ2v) is 5.12. The largest absolute Gasteiger partial charge is 0.297 e. The van der Waals surface area contributed by atoms with E-state index in [-0.39, 0.29) is 5.91 Å². The number of carbonyl (C=O) groups is 1. The third-order valence-electron chi connectivity index (χ3n) is 2.74. The molecule has 0 spiro atoms. The van der Waals surface area contributed by atoms with Crippen molar-refractivity contribution in [1.29, 1.82) is 0 Å². The SMILES string of the molecule is CSCC(C)N(C)Cc1cccc(C(=O)NN)n1. The van der Waals surface area contributed by atoms with E-state index in [1.807, 2.05) is 23.9 Å². The Morgan fingerprint density at radius 1 is 1.61 bits per heavy atom. The van der Waals surface area contributed by atoms with Crippen LogP contribution in [0.3, 0.4) is 0 Å². The molecule has 0 aliphatic rings. The third kappa shape index (κ3) is 4.29. The molecule has 0 saturated carbocycles. The van der Waals surface area contributed by atoms with Gasteiger partial charge in [-0.05, 0) is 32.4 Å². The van der Waals surface area contributed by atoms with E-state index in [0.29, 0.717) is 18.3 Å². The quantitative estimate of drug-likeness (QED) is 0.455. The minimum Gasteiger partial charge on any atom is -0.297 e. The van der Waals surface area contributed by atoms with Crippen LogP contribution in [-0.2, 0) is 6.54 Å². The average Bonchev–Trinajstić information content (AvgIpc) is 2.38. The highest BCUT2D eigenvalue weighted by molar-refractivity contribution is 7.98. The molecule has 1 unspecified atom stereocenters. The summed E-state index contributed by atoms with van der Waals surface area (Å²) in [6.45, 7) is 2.89. The second-order valence-electron chi connectivity index (χ2n) is 4.21. The molecule has 0 aliphatic heterocycles. The lowest BCUT2D eigenvalue weighted by atomic mass is 10.2. The van der Waals surface area contributed by atoms with Gasteiger partial charge in [-0.3, -0.25) is 15.1 Å². The van der Waals surface area contributed by atoms with E-state index in [9.17, 15) is 4.79 Å². The highest BCUT2D eigenvalue weighted by atomic mass is 32.2. The summed E-state index contributed by atoms with van der Waals surface area (Å²) in [5.41, 5.74) is 3.30. The van der Waals surface area contributed by atoms with Crippen LogP contribution in [0.2, 0.25) is 0 Å². The van der Waals surface area contributed by atoms with Crippen molar-refractivity contribution in [2.75, 3.05) is 19.1 Å². The number of nitrogens with one attached hydrogen (secondary N) is 1.